The Morgan fingerprint density at radius 1 is 1.08 bits per heavy atom. The predicted molar refractivity (Wildman–Crippen MR) is 102 cm³/mol. The largest absolute Gasteiger partial charge is 0.307 e. The van der Waals surface area contributed by atoms with E-state index in [1.807, 2.05) is 12.4 Å². The van der Waals surface area contributed by atoms with Crippen molar-refractivity contribution in [3.8, 4) is 11.8 Å². The van der Waals surface area contributed by atoms with Crippen molar-refractivity contribution in [1.29, 1.82) is 0 Å². The summed E-state index contributed by atoms with van der Waals surface area (Å²) < 4.78 is 0. The van der Waals surface area contributed by atoms with Gasteiger partial charge >= 0.3 is 0 Å². The number of aryl methyl sites for hydroxylation is 1. The molecule has 0 unspecified atom stereocenters. The van der Waals surface area contributed by atoms with Crippen molar-refractivity contribution in [2.75, 3.05) is 19.6 Å². The van der Waals surface area contributed by atoms with Crippen LogP contribution in [0.2, 0.25) is 0 Å². The van der Waals surface area contributed by atoms with Crippen LogP contribution in [0.5, 0.6) is 0 Å². The van der Waals surface area contributed by atoms with Gasteiger partial charge in [-0.15, -0.1) is 0 Å². The fourth-order valence-electron chi connectivity index (χ4n) is 3.75. The van der Waals surface area contributed by atoms with Crippen molar-refractivity contribution in [2.45, 2.75) is 70.9 Å². The van der Waals surface area contributed by atoms with Gasteiger partial charge in [-0.1, -0.05) is 25.2 Å². The molecule has 0 atom stereocenters. The van der Waals surface area contributed by atoms with E-state index < -0.39 is 0 Å². The third-order valence-corrected chi connectivity index (χ3v) is 5.50. The molecule has 2 aliphatic rings. The molecule has 2 fully saturated rings. The third-order valence-electron chi connectivity index (χ3n) is 5.50. The monoisotopic (exact) mass is 340 g/mol. The van der Waals surface area contributed by atoms with Crippen molar-refractivity contribution >= 4 is 0 Å². The highest BCUT2D eigenvalue weighted by atomic mass is 15.1. The van der Waals surface area contributed by atoms with Gasteiger partial charge in [0.1, 0.15) is 5.82 Å². The molecular weight excluding hydrogens is 308 g/mol. The van der Waals surface area contributed by atoms with E-state index in [0.29, 0.717) is 12.0 Å². The molecule has 136 valence electrons. The average Bonchev–Trinajstić information content (AvgIpc) is 2.68. The molecule has 1 aliphatic carbocycles. The average molecular weight is 341 g/mol. The van der Waals surface area contributed by atoms with Crippen molar-refractivity contribution in [1.82, 2.24) is 20.2 Å². The van der Waals surface area contributed by atoms with Crippen LogP contribution in [0.15, 0.2) is 12.4 Å². The first-order valence-electron chi connectivity index (χ1n) is 10.1. The Morgan fingerprint density at radius 3 is 2.48 bits per heavy atom. The molecule has 4 nitrogen and oxygen atoms in total. The second kappa shape index (κ2) is 9.89. The molecule has 4 heteroatoms. The van der Waals surface area contributed by atoms with E-state index in [2.05, 4.69) is 38.9 Å². The van der Waals surface area contributed by atoms with Gasteiger partial charge in [0.2, 0.25) is 0 Å². The summed E-state index contributed by atoms with van der Waals surface area (Å²) in [6.45, 7) is 6.37. The van der Waals surface area contributed by atoms with Crippen molar-refractivity contribution < 1.29 is 0 Å². The molecular formula is C21H32N4. The van der Waals surface area contributed by atoms with Crippen molar-refractivity contribution in [3.63, 3.8) is 0 Å². The van der Waals surface area contributed by atoms with Crippen LogP contribution in [0.3, 0.4) is 0 Å². The van der Waals surface area contributed by atoms with Crippen LogP contribution in [0.1, 0.15) is 63.3 Å². The lowest BCUT2D eigenvalue weighted by Crippen LogP contribution is -2.33. The highest BCUT2D eigenvalue weighted by molar-refractivity contribution is 5.07. The van der Waals surface area contributed by atoms with Gasteiger partial charge in [0.05, 0.1) is 13.1 Å². The maximum Gasteiger partial charge on any atom is 0.141 e. The first kappa shape index (κ1) is 18.4. The summed E-state index contributed by atoms with van der Waals surface area (Å²) in [6.07, 6.45) is 13.9. The molecule has 1 aliphatic heterocycles. The van der Waals surface area contributed by atoms with Crippen molar-refractivity contribution in [2.24, 2.45) is 5.92 Å². The Kier molecular flexibility index (Phi) is 7.26. The van der Waals surface area contributed by atoms with E-state index in [1.54, 1.807) is 0 Å². The summed E-state index contributed by atoms with van der Waals surface area (Å²) in [6, 6.07) is 0.592. The van der Waals surface area contributed by atoms with Gasteiger partial charge in [-0.2, -0.15) is 0 Å². The summed E-state index contributed by atoms with van der Waals surface area (Å²) >= 11 is 0. The van der Waals surface area contributed by atoms with Crippen LogP contribution >= 0.6 is 0 Å². The zero-order valence-corrected chi connectivity index (χ0v) is 15.6. The Labute approximate surface area is 152 Å². The normalized spacial score (nSPS) is 24.5. The molecule has 25 heavy (non-hydrogen) atoms. The Morgan fingerprint density at radius 2 is 1.80 bits per heavy atom. The Bertz CT molecular complexity index is 558. The molecule has 1 N–H and O–H groups in total. The smallest absolute Gasteiger partial charge is 0.141 e. The fourth-order valence-corrected chi connectivity index (χ4v) is 3.75. The molecule has 0 aromatic carbocycles. The van der Waals surface area contributed by atoms with Crippen LogP contribution in [0.25, 0.3) is 0 Å². The van der Waals surface area contributed by atoms with Crippen LogP contribution in [0, 0.1) is 17.8 Å². The maximum absolute atomic E-state index is 4.43. The SMILES string of the molecule is CCc1cnc(CNC2CCC(C#CCN3CCCCC3)CC2)nc1. The Balaban J connectivity index is 1.34. The fraction of sp³-hybridized carbons (Fsp3) is 0.714. The van der Waals surface area contributed by atoms with Gasteiger partial charge in [0.15, 0.2) is 0 Å². The highest BCUT2D eigenvalue weighted by Crippen LogP contribution is 2.23. The first-order valence-corrected chi connectivity index (χ1v) is 10.1. The van der Waals surface area contributed by atoms with Crippen LogP contribution in [-0.4, -0.2) is 40.5 Å². The third kappa shape index (κ3) is 6.09. The Hall–Kier alpha value is -1.44. The predicted octanol–water partition coefficient (Wildman–Crippen LogP) is 3.18. The summed E-state index contributed by atoms with van der Waals surface area (Å²) in [7, 11) is 0. The maximum atomic E-state index is 4.43. The van der Waals surface area contributed by atoms with Gasteiger partial charge in [-0.25, -0.2) is 9.97 Å². The van der Waals surface area contributed by atoms with E-state index in [1.165, 1.54) is 63.6 Å². The van der Waals surface area contributed by atoms with Gasteiger partial charge < -0.3 is 5.32 Å². The zero-order chi connectivity index (χ0) is 17.3. The topological polar surface area (TPSA) is 41.1 Å². The lowest BCUT2D eigenvalue weighted by Gasteiger charge is -2.27. The highest BCUT2D eigenvalue weighted by Gasteiger charge is 2.19. The number of rotatable bonds is 5. The second-order valence-electron chi connectivity index (χ2n) is 7.45. The van der Waals surface area contributed by atoms with Crippen LogP contribution in [-0.2, 0) is 13.0 Å². The number of aromatic nitrogens is 2. The minimum Gasteiger partial charge on any atom is -0.307 e. The minimum atomic E-state index is 0.592. The van der Waals surface area contributed by atoms with E-state index in [-0.39, 0.29) is 0 Å². The van der Waals surface area contributed by atoms with Crippen molar-refractivity contribution in [3.05, 3.63) is 23.8 Å². The van der Waals surface area contributed by atoms with Gasteiger partial charge in [0.25, 0.3) is 0 Å². The lowest BCUT2D eigenvalue weighted by atomic mass is 9.86. The summed E-state index contributed by atoms with van der Waals surface area (Å²) in [5.41, 5.74) is 1.20. The minimum absolute atomic E-state index is 0.592. The van der Waals surface area contributed by atoms with Gasteiger partial charge in [-0.3, -0.25) is 4.90 Å². The lowest BCUT2D eigenvalue weighted by molar-refractivity contribution is 0.255. The second-order valence-corrected chi connectivity index (χ2v) is 7.45. The van der Waals surface area contributed by atoms with Crippen LogP contribution < -0.4 is 5.32 Å². The summed E-state index contributed by atoms with van der Waals surface area (Å²) in [5.74, 6) is 8.48. The number of nitrogens with zero attached hydrogens (tertiary/aromatic N) is 3. The molecule has 0 radical (unpaired) electrons. The summed E-state index contributed by atoms with van der Waals surface area (Å²) in [5, 5.41) is 3.62. The molecule has 1 aromatic rings. The molecule has 0 spiro atoms. The van der Waals surface area contributed by atoms with E-state index in [0.717, 1.165) is 25.3 Å². The zero-order valence-electron chi connectivity index (χ0n) is 15.6. The first-order chi connectivity index (χ1) is 12.3. The quantitative estimate of drug-likeness (QED) is 0.836. The van der Waals surface area contributed by atoms with E-state index in [9.17, 15) is 0 Å². The standard InChI is InChI=1S/C21H32N4/c1-2-18-15-23-21(24-16-18)17-22-20-10-8-19(9-11-20)7-6-14-25-12-4-3-5-13-25/h15-16,19-20,22H,2-5,8-14,17H2,1H3. The molecule has 2 heterocycles. The number of hydrogen-bond donors (Lipinski definition) is 1. The number of piperidine rings is 1. The molecule has 0 amide bonds. The van der Waals surface area contributed by atoms with E-state index >= 15 is 0 Å². The molecule has 3 rings (SSSR count). The summed E-state index contributed by atoms with van der Waals surface area (Å²) in [4.78, 5) is 11.4. The number of nitrogens with one attached hydrogen (secondary N) is 1. The molecule has 1 aromatic heterocycles. The van der Waals surface area contributed by atoms with E-state index in [4.69, 9.17) is 0 Å². The number of hydrogen-bond acceptors (Lipinski definition) is 4. The molecule has 0 bridgehead atoms. The van der Waals surface area contributed by atoms with Gasteiger partial charge in [0, 0.05) is 24.4 Å². The van der Waals surface area contributed by atoms with Gasteiger partial charge in [-0.05, 0) is 63.6 Å². The molecule has 1 saturated heterocycles. The number of likely N-dealkylation sites (tertiary alicyclic amines) is 1. The molecule has 1 saturated carbocycles. The van der Waals surface area contributed by atoms with Crippen LogP contribution in [0.4, 0.5) is 0 Å².